The third kappa shape index (κ3) is 3.46. The fourth-order valence-electron chi connectivity index (χ4n) is 2.44. The maximum Gasteiger partial charge on any atom is 0.217 e. The highest BCUT2D eigenvalue weighted by Gasteiger charge is 2.38. The Kier molecular flexibility index (Phi) is 4.51. The zero-order chi connectivity index (χ0) is 14.1. The van der Waals surface area contributed by atoms with Crippen LogP contribution in [0.5, 0.6) is 0 Å². The molecule has 0 radical (unpaired) electrons. The third-order valence-corrected chi connectivity index (χ3v) is 7.73. The molecule has 1 unspecified atom stereocenters. The minimum atomic E-state index is -3.44. The van der Waals surface area contributed by atoms with Crippen molar-refractivity contribution in [2.75, 3.05) is 37.7 Å². The molecule has 112 valence electrons. The molecule has 0 aromatic heterocycles. The second kappa shape index (κ2) is 5.65. The van der Waals surface area contributed by atoms with E-state index in [1.165, 1.54) is 4.31 Å². The number of ether oxygens (including phenoxy) is 1. The summed E-state index contributed by atoms with van der Waals surface area (Å²) in [6.45, 7) is 1.21. The molecule has 2 aliphatic rings. The van der Waals surface area contributed by atoms with E-state index in [0.717, 1.165) is 0 Å². The van der Waals surface area contributed by atoms with Crippen molar-refractivity contribution in [2.45, 2.75) is 24.2 Å². The SMILES string of the molecule is NCC1CN(S(=O)(=O)C2CCS(=O)(=O)CC2)CCO1. The highest BCUT2D eigenvalue weighted by molar-refractivity contribution is 7.92. The van der Waals surface area contributed by atoms with Gasteiger partial charge in [0.25, 0.3) is 0 Å². The van der Waals surface area contributed by atoms with Gasteiger partial charge in [-0.3, -0.25) is 0 Å². The van der Waals surface area contributed by atoms with Crippen LogP contribution in [0.25, 0.3) is 0 Å². The van der Waals surface area contributed by atoms with E-state index in [1.807, 2.05) is 0 Å². The average Bonchev–Trinajstić information content (AvgIpc) is 2.38. The van der Waals surface area contributed by atoms with Crippen molar-refractivity contribution in [3.05, 3.63) is 0 Å². The van der Waals surface area contributed by atoms with Crippen LogP contribution in [0, 0.1) is 0 Å². The minimum Gasteiger partial charge on any atom is -0.374 e. The molecule has 0 aromatic rings. The van der Waals surface area contributed by atoms with Crippen molar-refractivity contribution in [1.29, 1.82) is 0 Å². The largest absolute Gasteiger partial charge is 0.374 e. The first-order valence-corrected chi connectivity index (χ1v) is 9.68. The summed E-state index contributed by atoms with van der Waals surface area (Å²) in [5.41, 5.74) is 5.50. The Labute approximate surface area is 114 Å². The maximum absolute atomic E-state index is 12.4. The lowest BCUT2D eigenvalue weighted by Gasteiger charge is -2.35. The number of sulfonamides is 1. The van der Waals surface area contributed by atoms with Gasteiger partial charge in [-0.25, -0.2) is 16.8 Å². The van der Waals surface area contributed by atoms with E-state index in [4.69, 9.17) is 10.5 Å². The van der Waals surface area contributed by atoms with E-state index < -0.39 is 25.1 Å². The predicted octanol–water partition coefficient (Wildman–Crippen LogP) is -1.45. The van der Waals surface area contributed by atoms with Crippen molar-refractivity contribution >= 4 is 19.9 Å². The smallest absolute Gasteiger partial charge is 0.217 e. The van der Waals surface area contributed by atoms with E-state index in [1.54, 1.807) is 0 Å². The Morgan fingerprint density at radius 1 is 1.26 bits per heavy atom. The molecule has 2 aliphatic heterocycles. The fraction of sp³-hybridized carbons (Fsp3) is 1.00. The Morgan fingerprint density at radius 2 is 1.89 bits per heavy atom. The Morgan fingerprint density at radius 3 is 2.47 bits per heavy atom. The van der Waals surface area contributed by atoms with Crippen LogP contribution >= 0.6 is 0 Å². The number of hydrogen-bond acceptors (Lipinski definition) is 6. The molecule has 0 spiro atoms. The zero-order valence-electron chi connectivity index (χ0n) is 10.7. The fourth-order valence-corrected chi connectivity index (χ4v) is 6.19. The second-order valence-electron chi connectivity index (χ2n) is 4.98. The van der Waals surface area contributed by atoms with Gasteiger partial charge in [-0.05, 0) is 12.8 Å². The summed E-state index contributed by atoms with van der Waals surface area (Å²) in [5, 5.41) is -0.590. The van der Waals surface area contributed by atoms with Gasteiger partial charge in [0.2, 0.25) is 10.0 Å². The van der Waals surface area contributed by atoms with Gasteiger partial charge >= 0.3 is 0 Å². The molecule has 9 heteroatoms. The number of morpholine rings is 1. The highest BCUT2D eigenvalue weighted by atomic mass is 32.2. The maximum atomic E-state index is 12.4. The van der Waals surface area contributed by atoms with E-state index in [0.29, 0.717) is 13.2 Å². The number of hydrogen-bond donors (Lipinski definition) is 1. The van der Waals surface area contributed by atoms with Gasteiger partial charge in [-0.1, -0.05) is 0 Å². The monoisotopic (exact) mass is 312 g/mol. The molecule has 0 amide bonds. The first-order chi connectivity index (χ1) is 8.85. The normalized spacial score (nSPS) is 30.3. The van der Waals surface area contributed by atoms with E-state index >= 15 is 0 Å². The molecule has 19 heavy (non-hydrogen) atoms. The van der Waals surface area contributed by atoms with Gasteiger partial charge in [-0.2, -0.15) is 4.31 Å². The molecular weight excluding hydrogens is 292 g/mol. The summed E-state index contributed by atoms with van der Waals surface area (Å²) < 4.78 is 54.3. The lowest BCUT2D eigenvalue weighted by molar-refractivity contribution is 0.00418. The molecule has 0 saturated carbocycles. The molecule has 2 N–H and O–H groups in total. The summed E-state index contributed by atoms with van der Waals surface area (Å²) in [5.74, 6) is -0.0802. The third-order valence-electron chi connectivity index (χ3n) is 3.65. The lowest BCUT2D eigenvalue weighted by atomic mass is 10.2. The van der Waals surface area contributed by atoms with Gasteiger partial charge in [0, 0.05) is 19.6 Å². The number of sulfone groups is 1. The van der Waals surface area contributed by atoms with E-state index in [-0.39, 0.29) is 43.5 Å². The summed E-state index contributed by atoms with van der Waals surface area (Å²) in [7, 11) is -6.49. The molecule has 7 nitrogen and oxygen atoms in total. The number of rotatable bonds is 3. The first kappa shape index (κ1) is 15.2. The van der Waals surface area contributed by atoms with Gasteiger partial charge in [0.15, 0.2) is 0 Å². The molecule has 2 fully saturated rings. The van der Waals surface area contributed by atoms with Gasteiger partial charge < -0.3 is 10.5 Å². The molecule has 0 aromatic carbocycles. The van der Waals surface area contributed by atoms with Crippen LogP contribution < -0.4 is 5.73 Å². The summed E-state index contributed by atoms with van der Waals surface area (Å²) >= 11 is 0. The van der Waals surface area contributed by atoms with Crippen molar-refractivity contribution in [2.24, 2.45) is 5.73 Å². The molecule has 2 rings (SSSR count). The molecule has 2 heterocycles. The average molecular weight is 312 g/mol. The topological polar surface area (TPSA) is 107 Å². The van der Waals surface area contributed by atoms with Crippen LogP contribution in [-0.4, -0.2) is 70.2 Å². The van der Waals surface area contributed by atoms with Crippen molar-refractivity contribution in [3.63, 3.8) is 0 Å². The molecular formula is C10H20N2O5S2. The lowest BCUT2D eigenvalue weighted by Crippen LogP contribution is -2.51. The van der Waals surface area contributed by atoms with Crippen molar-refractivity contribution < 1.29 is 21.6 Å². The van der Waals surface area contributed by atoms with Crippen LogP contribution in [0.4, 0.5) is 0 Å². The standard InChI is InChI=1S/C10H20N2O5S2/c11-7-9-8-12(3-4-17-9)19(15,16)10-1-5-18(13,14)6-2-10/h9-10H,1-8,11H2. The summed E-state index contributed by atoms with van der Waals surface area (Å²) in [6.07, 6.45) is 0.112. The van der Waals surface area contributed by atoms with Gasteiger partial charge in [-0.15, -0.1) is 0 Å². The Bertz CT molecular complexity index is 502. The number of nitrogens with zero attached hydrogens (tertiary/aromatic N) is 1. The van der Waals surface area contributed by atoms with E-state index in [9.17, 15) is 16.8 Å². The Balaban J connectivity index is 2.06. The van der Waals surface area contributed by atoms with Crippen LogP contribution in [0.15, 0.2) is 0 Å². The zero-order valence-corrected chi connectivity index (χ0v) is 12.3. The van der Waals surface area contributed by atoms with E-state index in [2.05, 4.69) is 0 Å². The van der Waals surface area contributed by atoms with Crippen molar-refractivity contribution in [1.82, 2.24) is 4.31 Å². The van der Waals surface area contributed by atoms with Crippen LogP contribution in [0.2, 0.25) is 0 Å². The molecule has 0 bridgehead atoms. The quantitative estimate of drug-likeness (QED) is 0.683. The number of nitrogens with two attached hydrogens (primary N) is 1. The summed E-state index contributed by atoms with van der Waals surface area (Å²) in [4.78, 5) is 0. The van der Waals surface area contributed by atoms with Crippen LogP contribution in [-0.2, 0) is 24.6 Å². The molecule has 1 atom stereocenters. The minimum absolute atomic E-state index is 0.0401. The Hall–Kier alpha value is -0.220. The van der Waals surface area contributed by atoms with Crippen LogP contribution in [0.1, 0.15) is 12.8 Å². The van der Waals surface area contributed by atoms with Gasteiger partial charge in [0.05, 0.1) is 29.5 Å². The van der Waals surface area contributed by atoms with Crippen molar-refractivity contribution in [3.8, 4) is 0 Å². The molecule has 2 saturated heterocycles. The summed E-state index contributed by atoms with van der Waals surface area (Å²) in [6, 6.07) is 0. The molecule has 0 aliphatic carbocycles. The highest BCUT2D eigenvalue weighted by Crippen LogP contribution is 2.23. The second-order valence-corrected chi connectivity index (χ2v) is 9.50. The van der Waals surface area contributed by atoms with Crippen LogP contribution in [0.3, 0.4) is 0 Å². The predicted molar refractivity (Wildman–Crippen MR) is 71.0 cm³/mol. The van der Waals surface area contributed by atoms with Gasteiger partial charge in [0.1, 0.15) is 9.84 Å². The first-order valence-electron chi connectivity index (χ1n) is 6.36.